The van der Waals surface area contributed by atoms with Crippen molar-refractivity contribution >= 4 is 39.5 Å². The molecular formula is C66H128O17P2. The lowest BCUT2D eigenvalue weighted by Crippen LogP contribution is -2.30. The minimum absolute atomic E-state index is 0.101. The number of hydrogen-bond donors (Lipinski definition) is 3. The molecule has 0 radical (unpaired) electrons. The average molecular weight is 1260 g/mol. The second-order valence-electron chi connectivity index (χ2n) is 25.8. The predicted octanol–water partition coefficient (Wildman–Crippen LogP) is 18.1. The number of phosphoric acid groups is 2. The van der Waals surface area contributed by atoms with Crippen molar-refractivity contribution < 1.29 is 80.2 Å². The van der Waals surface area contributed by atoms with Gasteiger partial charge in [0.25, 0.3) is 0 Å². The van der Waals surface area contributed by atoms with Crippen LogP contribution >= 0.6 is 15.6 Å². The van der Waals surface area contributed by atoms with Gasteiger partial charge in [-0.1, -0.05) is 267 Å². The van der Waals surface area contributed by atoms with E-state index in [1.165, 1.54) is 122 Å². The number of carbonyl (C=O) groups is 4. The van der Waals surface area contributed by atoms with E-state index in [4.69, 9.17) is 37.0 Å². The average Bonchev–Trinajstić information content (AvgIpc) is 3.55. The van der Waals surface area contributed by atoms with Gasteiger partial charge in [-0.25, -0.2) is 9.13 Å². The molecule has 19 heteroatoms. The first-order valence-corrected chi connectivity index (χ1v) is 37.2. The number of carbonyl (C=O) groups excluding carboxylic acids is 4. The number of aliphatic hydroxyl groups excluding tert-OH is 1. The number of ether oxygens (including phenoxy) is 4. The van der Waals surface area contributed by atoms with Gasteiger partial charge in [0.2, 0.25) is 0 Å². The summed E-state index contributed by atoms with van der Waals surface area (Å²) in [6, 6.07) is 0. The number of unbranched alkanes of at least 4 members (excludes halogenated alkanes) is 29. The summed E-state index contributed by atoms with van der Waals surface area (Å²) < 4.78 is 68.0. The van der Waals surface area contributed by atoms with Gasteiger partial charge >= 0.3 is 39.5 Å². The lowest BCUT2D eigenvalue weighted by atomic mass is 10.0. The zero-order chi connectivity index (χ0) is 63.2. The van der Waals surface area contributed by atoms with E-state index < -0.39 is 97.5 Å². The Labute approximate surface area is 517 Å². The molecule has 0 bridgehead atoms. The Morgan fingerprint density at radius 2 is 0.494 bits per heavy atom. The highest BCUT2D eigenvalue weighted by molar-refractivity contribution is 7.47. The zero-order valence-corrected chi connectivity index (χ0v) is 57.0. The van der Waals surface area contributed by atoms with E-state index in [2.05, 4.69) is 55.4 Å². The van der Waals surface area contributed by atoms with Crippen LogP contribution in [0.2, 0.25) is 0 Å². The van der Waals surface area contributed by atoms with Crippen molar-refractivity contribution in [2.75, 3.05) is 39.6 Å². The summed E-state index contributed by atoms with van der Waals surface area (Å²) in [5, 5.41) is 10.5. The van der Waals surface area contributed by atoms with Gasteiger partial charge in [-0.3, -0.25) is 37.3 Å². The SMILES string of the molecule is CC(C)CCCCCCCCCCCCCC(=O)OC[C@H](COP(=O)(O)OCC(O)COP(=O)(O)OC[C@@H](COC(=O)CCCCCCCCCCC(C)C)OC(=O)CCCCCCCCC(C)C)OC(=O)CCCCCCCCCCC(C)C. The maximum atomic E-state index is 13.0. The van der Waals surface area contributed by atoms with Crippen molar-refractivity contribution in [1.82, 2.24) is 0 Å². The van der Waals surface area contributed by atoms with E-state index in [0.29, 0.717) is 31.6 Å². The molecule has 0 saturated carbocycles. The standard InChI is InChI=1S/C66H128O17P2/c1-56(2)42-34-26-18-12-10-9-11-13-21-30-38-46-63(68)76-52-61(82-65(70)48-40-32-23-17-15-20-28-36-44-58(5)6)54-80-84(72,73)78-50-60(67)51-79-85(74,75)81-55-62(83-66(71)49-41-33-25-24-29-37-45-59(7)8)53-77-64(69)47-39-31-22-16-14-19-27-35-43-57(3)4/h56-62,67H,9-55H2,1-8H3,(H,72,73)(H,74,75)/t60?,61-,62-/m1/s1. The summed E-state index contributed by atoms with van der Waals surface area (Å²) >= 11 is 0. The smallest absolute Gasteiger partial charge is 0.462 e. The van der Waals surface area contributed by atoms with Gasteiger partial charge in [0.1, 0.15) is 19.3 Å². The number of phosphoric ester groups is 2. The highest BCUT2D eigenvalue weighted by Crippen LogP contribution is 2.45. The van der Waals surface area contributed by atoms with Crippen LogP contribution in [0.3, 0.4) is 0 Å². The Balaban J connectivity index is 5.23. The third kappa shape index (κ3) is 60.7. The lowest BCUT2D eigenvalue weighted by molar-refractivity contribution is -0.161. The van der Waals surface area contributed by atoms with Gasteiger partial charge in [0.05, 0.1) is 26.4 Å². The fourth-order valence-electron chi connectivity index (χ4n) is 9.78. The van der Waals surface area contributed by atoms with E-state index >= 15 is 0 Å². The van der Waals surface area contributed by atoms with Gasteiger partial charge in [0.15, 0.2) is 12.2 Å². The van der Waals surface area contributed by atoms with E-state index in [1.807, 2.05) is 0 Å². The summed E-state index contributed by atoms with van der Waals surface area (Å²) in [6.45, 7) is 13.9. The fourth-order valence-corrected chi connectivity index (χ4v) is 11.4. The van der Waals surface area contributed by atoms with Crippen molar-refractivity contribution in [3.8, 4) is 0 Å². The fraction of sp³-hybridized carbons (Fsp3) is 0.939. The Bertz CT molecular complexity index is 1700. The van der Waals surface area contributed by atoms with Gasteiger partial charge < -0.3 is 33.8 Å². The van der Waals surface area contributed by atoms with Gasteiger partial charge in [-0.15, -0.1) is 0 Å². The van der Waals surface area contributed by atoms with Crippen LogP contribution in [0.15, 0.2) is 0 Å². The molecule has 0 aromatic rings. The second kappa shape index (κ2) is 56.1. The van der Waals surface area contributed by atoms with E-state index in [-0.39, 0.29) is 25.7 Å². The first-order chi connectivity index (χ1) is 40.6. The second-order valence-corrected chi connectivity index (χ2v) is 28.7. The van der Waals surface area contributed by atoms with Gasteiger partial charge in [-0.05, 0) is 49.4 Å². The molecule has 0 aliphatic rings. The maximum absolute atomic E-state index is 13.0. The summed E-state index contributed by atoms with van der Waals surface area (Å²) in [6.07, 6.45) is 36.4. The Morgan fingerprint density at radius 3 is 0.729 bits per heavy atom. The van der Waals surface area contributed by atoms with Crippen molar-refractivity contribution in [3.63, 3.8) is 0 Å². The molecule has 85 heavy (non-hydrogen) atoms. The van der Waals surface area contributed by atoms with E-state index in [9.17, 15) is 43.2 Å². The Kier molecular flexibility index (Phi) is 54.8. The molecule has 3 N–H and O–H groups in total. The van der Waals surface area contributed by atoms with Gasteiger partial charge in [0, 0.05) is 25.7 Å². The molecule has 0 aromatic heterocycles. The molecule has 0 rings (SSSR count). The van der Waals surface area contributed by atoms with Crippen molar-refractivity contribution in [1.29, 1.82) is 0 Å². The van der Waals surface area contributed by atoms with Crippen LogP contribution in [-0.4, -0.2) is 96.7 Å². The van der Waals surface area contributed by atoms with Gasteiger partial charge in [-0.2, -0.15) is 0 Å². The lowest BCUT2D eigenvalue weighted by Gasteiger charge is -2.21. The number of esters is 4. The van der Waals surface area contributed by atoms with Crippen LogP contribution < -0.4 is 0 Å². The third-order valence-electron chi connectivity index (χ3n) is 15.1. The molecule has 0 heterocycles. The monoisotopic (exact) mass is 1250 g/mol. The van der Waals surface area contributed by atoms with Crippen molar-refractivity contribution in [2.24, 2.45) is 23.7 Å². The number of hydrogen-bond acceptors (Lipinski definition) is 15. The zero-order valence-electron chi connectivity index (χ0n) is 55.2. The van der Waals surface area contributed by atoms with Crippen LogP contribution in [0.25, 0.3) is 0 Å². The first kappa shape index (κ1) is 83.1. The molecule has 0 spiro atoms. The maximum Gasteiger partial charge on any atom is 0.472 e. The van der Waals surface area contributed by atoms with Crippen molar-refractivity contribution in [3.05, 3.63) is 0 Å². The molecule has 0 amide bonds. The molecule has 3 unspecified atom stereocenters. The van der Waals surface area contributed by atoms with Crippen LogP contribution in [0.4, 0.5) is 0 Å². The Morgan fingerprint density at radius 1 is 0.294 bits per heavy atom. The molecule has 0 saturated heterocycles. The molecule has 504 valence electrons. The summed E-state index contributed by atoms with van der Waals surface area (Å²) in [5.74, 6) is 0.744. The molecule has 17 nitrogen and oxygen atoms in total. The van der Waals surface area contributed by atoms with Crippen LogP contribution in [-0.2, 0) is 65.4 Å². The molecule has 0 fully saturated rings. The molecule has 0 aromatic carbocycles. The van der Waals surface area contributed by atoms with Crippen LogP contribution in [0, 0.1) is 23.7 Å². The van der Waals surface area contributed by atoms with Crippen LogP contribution in [0.1, 0.15) is 319 Å². The highest BCUT2D eigenvalue weighted by Gasteiger charge is 2.30. The van der Waals surface area contributed by atoms with E-state index in [1.54, 1.807) is 0 Å². The minimum Gasteiger partial charge on any atom is -0.462 e. The summed E-state index contributed by atoms with van der Waals surface area (Å²) in [4.78, 5) is 72.3. The number of rotatable bonds is 63. The number of aliphatic hydroxyl groups is 1. The molecule has 5 atom stereocenters. The molecule has 0 aliphatic carbocycles. The predicted molar refractivity (Wildman–Crippen MR) is 340 cm³/mol. The normalized spacial score (nSPS) is 14.4. The highest BCUT2D eigenvalue weighted by atomic mass is 31.2. The first-order valence-electron chi connectivity index (χ1n) is 34.2. The van der Waals surface area contributed by atoms with Crippen LogP contribution in [0.5, 0.6) is 0 Å². The summed E-state index contributed by atoms with van der Waals surface area (Å²) in [5.41, 5.74) is 0. The topological polar surface area (TPSA) is 237 Å². The summed E-state index contributed by atoms with van der Waals surface area (Å²) in [7, 11) is -9.89. The van der Waals surface area contributed by atoms with E-state index in [0.717, 1.165) is 108 Å². The molecule has 0 aliphatic heterocycles. The minimum atomic E-state index is -4.95. The third-order valence-corrected chi connectivity index (χ3v) is 17.0. The quantitative estimate of drug-likeness (QED) is 0.0222. The largest absolute Gasteiger partial charge is 0.472 e. The Hall–Kier alpha value is -1.94. The molecular weight excluding hydrogens is 1130 g/mol. The van der Waals surface area contributed by atoms with Crippen molar-refractivity contribution in [2.45, 2.75) is 337 Å².